The molecule has 0 aromatic heterocycles. The molecule has 2 aliphatic rings. The average Bonchev–Trinajstić information content (AvgIpc) is 3.30. The fourth-order valence-electron chi connectivity index (χ4n) is 3.87. The van der Waals surface area contributed by atoms with Gasteiger partial charge in [0.2, 0.25) is 0 Å². The Morgan fingerprint density at radius 2 is 1.06 bits per heavy atom. The van der Waals surface area contributed by atoms with E-state index in [1.54, 1.807) is 11.8 Å². The molecule has 2 aromatic carbocycles. The maximum atomic E-state index is 11.6. The minimum atomic E-state index is -2.95. The number of sulfone groups is 2. The van der Waals surface area contributed by atoms with Crippen LogP contribution in [0, 0.1) is 0 Å². The first-order valence-corrected chi connectivity index (χ1v) is 16.3. The van der Waals surface area contributed by atoms with Crippen LogP contribution in [0.4, 0.5) is 11.4 Å². The van der Waals surface area contributed by atoms with Crippen molar-refractivity contribution < 1.29 is 16.8 Å². The van der Waals surface area contributed by atoms with Crippen molar-refractivity contribution in [3.8, 4) is 0 Å². The summed E-state index contributed by atoms with van der Waals surface area (Å²) in [7, 11) is -5.91. The summed E-state index contributed by atoms with van der Waals surface area (Å²) in [5.41, 5.74) is 1.65. The minimum Gasteiger partial charge on any atom is -0.359 e. The number of benzene rings is 2. The van der Waals surface area contributed by atoms with Gasteiger partial charge in [0.15, 0.2) is 29.9 Å². The van der Waals surface area contributed by atoms with Crippen molar-refractivity contribution in [2.24, 2.45) is 0 Å². The number of hydrogen-bond donors (Lipinski definition) is 4. The molecule has 4 N–H and O–H groups in total. The third-order valence-electron chi connectivity index (χ3n) is 5.60. The summed E-state index contributed by atoms with van der Waals surface area (Å²) >= 11 is 12.2. The average molecular weight is 571 g/mol. The van der Waals surface area contributed by atoms with Crippen LogP contribution in [0.15, 0.2) is 58.3 Å². The standard InChI is InChI=1S/C22H26N4O4S5/c27-34(28)11-9-17(13-34)25-21(31)23-15-1-5-19(6-2-15)33-20-7-3-16(4-8-20)24-22(32)26-18-10-12-35(29,30)14-18/h1-8,17-18H,9-14H2,(H2,23,25,31)(H2,24,26,32). The second-order valence-electron chi connectivity index (χ2n) is 8.55. The van der Waals surface area contributed by atoms with Crippen molar-refractivity contribution in [3.63, 3.8) is 0 Å². The summed E-state index contributed by atoms with van der Waals surface area (Å²) in [4.78, 5) is 2.10. The van der Waals surface area contributed by atoms with Crippen molar-refractivity contribution in [2.75, 3.05) is 33.6 Å². The molecule has 0 spiro atoms. The zero-order chi connectivity index (χ0) is 25.1. The third-order valence-corrected chi connectivity index (χ3v) is 10.6. The summed E-state index contributed by atoms with van der Waals surface area (Å²) in [6.45, 7) is 0. The molecular formula is C22H26N4O4S5. The van der Waals surface area contributed by atoms with Gasteiger partial charge in [0.05, 0.1) is 23.0 Å². The van der Waals surface area contributed by atoms with Crippen molar-refractivity contribution in [2.45, 2.75) is 34.7 Å². The monoisotopic (exact) mass is 570 g/mol. The van der Waals surface area contributed by atoms with E-state index in [-0.39, 0.29) is 35.1 Å². The van der Waals surface area contributed by atoms with Crippen LogP contribution in [0.2, 0.25) is 0 Å². The van der Waals surface area contributed by atoms with Crippen molar-refractivity contribution in [1.29, 1.82) is 0 Å². The second kappa shape index (κ2) is 11.0. The smallest absolute Gasteiger partial charge is 0.171 e. The lowest BCUT2D eigenvalue weighted by Gasteiger charge is -2.15. The van der Waals surface area contributed by atoms with Gasteiger partial charge in [-0.15, -0.1) is 0 Å². The van der Waals surface area contributed by atoms with E-state index in [1.165, 1.54) is 0 Å². The predicted molar refractivity (Wildman–Crippen MR) is 150 cm³/mol. The van der Waals surface area contributed by atoms with E-state index in [2.05, 4.69) is 21.3 Å². The van der Waals surface area contributed by atoms with Gasteiger partial charge in [-0.2, -0.15) is 0 Å². The van der Waals surface area contributed by atoms with Crippen LogP contribution in [0.25, 0.3) is 0 Å². The number of hydrogen-bond acceptors (Lipinski definition) is 7. The van der Waals surface area contributed by atoms with Gasteiger partial charge < -0.3 is 21.3 Å². The van der Waals surface area contributed by atoms with E-state index in [9.17, 15) is 16.8 Å². The fraction of sp³-hybridized carbons (Fsp3) is 0.364. The molecule has 35 heavy (non-hydrogen) atoms. The first kappa shape index (κ1) is 26.1. The molecule has 0 radical (unpaired) electrons. The Balaban J connectivity index is 1.23. The maximum absolute atomic E-state index is 11.6. The van der Waals surface area contributed by atoms with Crippen LogP contribution in [-0.2, 0) is 19.7 Å². The molecule has 13 heteroatoms. The number of nitrogens with one attached hydrogen (secondary N) is 4. The highest BCUT2D eigenvalue weighted by atomic mass is 32.2. The van der Waals surface area contributed by atoms with Crippen molar-refractivity contribution >= 4 is 77.5 Å². The highest BCUT2D eigenvalue weighted by Gasteiger charge is 2.29. The molecule has 4 rings (SSSR count). The molecule has 2 atom stereocenters. The molecule has 2 saturated heterocycles. The van der Waals surface area contributed by atoms with Crippen LogP contribution in [0.5, 0.6) is 0 Å². The Kier molecular flexibility index (Phi) is 8.21. The molecule has 0 amide bonds. The number of rotatable bonds is 6. The maximum Gasteiger partial charge on any atom is 0.171 e. The Labute approximate surface area is 220 Å². The molecular weight excluding hydrogens is 545 g/mol. The molecule has 8 nitrogen and oxygen atoms in total. The molecule has 0 bridgehead atoms. The number of thiocarbonyl (C=S) groups is 2. The Morgan fingerprint density at radius 3 is 1.37 bits per heavy atom. The Hall–Kier alpha value is -1.93. The molecule has 0 aliphatic carbocycles. The van der Waals surface area contributed by atoms with E-state index in [0.29, 0.717) is 23.1 Å². The van der Waals surface area contributed by atoms with Crippen molar-refractivity contribution in [1.82, 2.24) is 10.6 Å². The predicted octanol–water partition coefficient (Wildman–Crippen LogP) is 2.78. The van der Waals surface area contributed by atoms with Crippen molar-refractivity contribution in [3.05, 3.63) is 48.5 Å². The molecule has 2 unspecified atom stereocenters. The van der Waals surface area contributed by atoms with Gasteiger partial charge in [-0.05, 0) is 85.8 Å². The quantitative estimate of drug-likeness (QED) is 0.384. The topological polar surface area (TPSA) is 116 Å². The van der Waals surface area contributed by atoms with Gasteiger partial charge in [-0.1, -0.05) is 11.8 Å². The zero-order valence-electron chi connectivity index (χ0n) is 18.7. The third kappa shape index (κ3) is 8.04. The van der Waals surface area contributed by atoms with E-state index in [0.717, 1.165) is 21.2 Å². The van der Waals surface area contributed by atoms with E-state index < -0.39 is 19.7 Å². The SMILES string of the molecule is O=S1(=O)CCC(NC(=S)Nc2ccc(Sc3ccc(NC(=S)NC4CCS(=O)(=O)C4)cc3)cc2)C1. The number of anilines is 2. The zero-order valence-corrected chi connectivity index (χ0v) is 22.8. The second-order valence-corrected chi connectivity index (χ2v) is 15.0. The normalized spacial score (nSPS) is 22.3. The van der Waals surface area contributed by atoms with Crippen LogP contribution >= 0.6 is 36.2 Å². The van der Waals surface area contributed by atoms with Gasteiger partial charge >= 0.3 is 0 Å². The van der Waals surface area contributed by atoms with E-state index >= 15 is 0 Å². The van der Waals surface area contributed by atoms with E-state index in [1.807, 2.05) is 48.5 Å². The molecule has 2 aliphatic heterocycles. The highest BCUT2D eigenvalue weighted by Crippen LogP contribution is 2.29. The van der Waals surface area contributed by atoms with Crippen LogP contribution in [-0.4, -0.2) is 62.2 Å². The lowest BCUT2D eigenvalue weighted by Crippen LogP contribution is -2.38. The summed E-state index contributed by atoms with van der Waals surface area (Å²) in [5, 5.41) is 13.2. The van der Waals surface area contributed by atoms with Gasteiger partial charge in [-0.25, -0.2) is 16.8 Å². The van der Waals surface area contributed by atoms with Crippen LogP contribution in [0.1, 0.15) is 12.8 Å². The van der Waals surface area contributed by atoms with Crippen LogP contribution in [0.3, 0.4) is 0 Å². The molecule has 2 aromatic rings. The lowest BCUT2D eigenvalue weighted by atomic mass is 10.3. The van der Waals surface area contributed by atoms with E-state index in [4.69, 9.17) is 24.4 Å². The fourth-order valence-corrected chi connectivity index (χ4v) is 8.60. The lowest BCUT2D eigenvalue weighted by molar-refractivity contribution is 0.598. The van der Waals surface area contributed by atoms with Gasteiger partial charge in [-0.3, -0.25) is 0 Å². The molecule has 0 saturated carbocycles. The summed E-state index contributed by atoms with van der Waals surface area (Å²) in [6, 6.07) is 15.3. The molecule has 188 valence electrons. The Morgan fingerprint density at radius 1 is 0.686 bits per heavy atom. The van der Waals surface area contributed by atoms with Crippen LogP contribution < -0.4 is 21.3 Å². The van der Waals surface area contributed by atoms with Gasteiger partial charge in [0.1, 0.15) is 0 Å². The first-order valence-electron chi connectivity index (χ1n) is 11.0. The summed E-state index contributed by atoms with van der Waals surface area (Å²) < 4.78 is 46.3. The summed E-state index contributed by atoms with van der Waals surface area (Å²) in [6.07, 6.45) is 1.14. The summed E-state index contributed by atoms with van der Waals surface area (Å²) in [5.74, 6) is 0.636. The molecule has 2 heterocycles. The molecule has 2 fully saturated rings. The minimum absolute atomic E-state index is 0.117. The van der Waals surface area contributed by atoms with Gasteiger partial charge in [0.25, 0.3) is 0 Å². The first-order chi connectivity index (χ1) is 16.6. The largest absolute Gasteiger partial charge is 0.359 e. The Bertz CT molecular complexity index is 1190. The van der Waals surface area contributed by atoms with Gasteiger partial charge in [0, 0.05) is 33.2 Å². The highest BCUT2D eigenvalue weighted by molar-refractivity contribution is 7.99.